The smallest absolute Gasteiger partial charge is 0.231 e. The minimum atomic E-state index is -0.570. The van der Waals surface area contributed by atoms with Crippen molar-refractivity contribution in [3.8, 4) is 11.5 Å². The molecule has 1 aromatic heterocycles. The lowest BCUT2D eigenvalue weighted by Gasteiger charge is -2.32. The topological polar surface area (TPSA) is 80.9 Å². The number of fused-ring (bicyclic) bond motifs is 1. The van der Waals surface area contributed by atoms with E-state index in [2.05, 4.69) is 15.0 Å². The minimum absolute atomic E-state index is 0.238. The quantitative estimate of drug-likeness (QED) is 0.908. The van der Waals surface area contributed by atoms with Gasteiger partial charge in [0, 0.05) is 13.1 Å². The van der Waals surface area contributed by atoms with E-state index in [-0.39, 0.29) is 5.92 Å². The molecule has 2 aromatic rings. The lowest BCUT2D eigenvalue weighted by molar-refractivity contribution is 0.0904. The van der Waals surface area contributed by atoms with Gasteiger partial charge in [-0.25, -0.2) is 0 Å². The van der Waals surface area contributed by atoms with Crippen LogP contribution in [0, 0.1) is 6.92 Å². The Morgan fingerprint density at radius 1 is 1.28 bits per heavy atom. The van der Waals surface area contributed by atoms with Gasteiger partial charge in [0.1, 0.15) is 13.2 Å². The van der Waals surface area contributed by atoms with Crippen molar-refractivity contribution in [2.24, 2.45) is 0 Å². The average molecular weight is 345 g/mol. The lowest BCUT2D eigenvalue weighted by atomic mass is 9.97. The van der Waals surface area contributed by atoms with E-state index in [1.54, 1.807) is 0 Å². The summed E-state index contributed by atoms with van der Waals surface area (Å²) in [5, 5.41) is 14.5. The third-order valence-electron chi connectivity index (χ3n) is 4.78. The lowest BCUT2D eigenvalue weighted by Crippen LogP contribution is -2.37. The van der Waals surface area contributed by atoms with E-state index in [1.165, 1.54) is 0 Å². The Morgan fingerprint density at radius 2 is 2.12 bits per heavy atom. The second kappa shape index (κ2) is 7.01. The molecule has 2 atom stereocenters. The van der Waals surface area contributed by atoms with Gasteiger partial charge in [-0.1, -0.05) is 11.2 Å². The van der Waals surface area contributed by atoms with Crippen LogP contribution in [0.2, 0.25) is 0 Å². The molecule has 1 fully saturated rings. The standard InChI is InChI=1S/C18H23N3O4/c1-12-19-18(25-20-12)14-3-2-6-21(10-14)11-15(22)13-4-5-16-17(9-13)24-8-7-23-16/h4-5,9,14-15,22H,2-3,6-8,10-11H2,1H3/t14-,15+/m0/s1. The molecule has 7 nitrogen and oxygen atoms in total. The van der Waals surface area contributed by atoms with Crippen molar-refractivity contribution in [1.29, 1.82) is 0 Å². The number of benzene rings is 1. The summed E-state index contributed by atoms with van der Waals surface area (Å²) in [7, 11) is 0. The number of hydrogen-bond donors (Lipinski definition) is 1. The van der Waals surface area contributed by atoms with Crippen LogP contribution in [0.15, 0.2) is 22.7 Å². The predicted octanol–water partition coefficient (Wildman–Crippen LogP) is 2.06. The molecule has 1 saturated heterocycles. The molecule has 0 radical (unpaired) electrons. The normalized spacial score (nSPS) is 21.9. The number of hydrogen-bond acceptors (Lipinski definition) is 7. The molecule has 2 aliphatic rings. The van der Waals surface area contributed by atoms with E-state index in [4.69, 9.17) is 14.0 Å². The second-order valence-electron chi connectivity index (χ2n) is 6.70. The van der Waals surface area contributed by atoms with Crippen LogP contribution in [-0.2, 0) is 0 Å². The largest absolute Gasteiger partial charge is 0.486 e. The Morgan fingerprint density at radius 3 is 2.92 bits per heavy atom. The number of aromatic nitrogens is 2. The van der Waals surface area contributed by atoms with E-state index in [1.807, 2.05) is 25.1 Å². The van der Waals surface area contributed by atoms with Crippen LogP contribution < -0.4 is 9.47 Å². The molecule has 0 bridgehead atoms. The van der Waals surface area contributed by atoms with Gasteiger partial charge in [0.25, 0.3) is 0 Å². The van der Waals surface area contributed by atoms with Crippen LogP contribution in [0.1, 0.15) is 42.1 Å². The van der Waals surface area contributed by atoms with Crippen molar-refractivity contribution in [1.82, 2.24) is 15.0 Å². The monoisotopic (exact) mass is 345 g/mol. The zero-order chi connectivity index (χ0) is 17.2. The number of piperidine rings is 1. The van der Waals surface area contributed by atoms with Crippen molar-refractivity contribution >= 4 is 0 Å². The highest BCUT2D eigenvalue weighted by atomic mass is 16.6. The molecule has 0 aliphatic carbocycles. The Bertz CT molecular complexity index is 733. The SMILES string of the molecule is Cc1noc([C@H]2CCCN(C[C@@H](O)c3ccc4c(c3)OCCO4)C2)n1. The van der Waals surface area contributed by atoms with Gasteiger partial charge >= 0.3 is 0 Å². The highest BCUT2D eigenvalue weighted by molar-refractivity contribution is 5.44. The highest BCUT2D eigenvalue weighted by Crippen LogP contribution is 2.33. The molecule has 3 heterocycles. The van der Waals surface area contributed by atoms with E-state index < -0.39 is 6.10 Å². The molecule has 134 valence electrons. The van der Waals surface area contributed by atoms with Gasteiger partial charge in [-0.2, -0.15) is 4.98 Å². The Hall–Kier alpha value is -2.12. The summed E-state index contributed by atoms with van der Waals surface area (Å²) in [5.41, 5.74) is 0.847. The van der Waals surface area contributed by atoms with Gasteiger partial charge < -0.3 is 19.1 Å². The fourth-order valence-electron chi connectivity index (χ4n) is 3.52. The minimum Gasteiger partial charge on any atom is -0.486 e. The van der Waals surface area contributed by atoms with Crippen molar-refractivity contribution in [3.63, 3.8) is 0 Å². The van der Waals surface area contributed by atoms with E-state index in [0.717, 1.165) is 37.2 Å². The molecule has 0 saturated carbocycles. The summed E-state index contributed by atoms with van der Waals surface area (Å²) in [6, 6.07) is 5.65. The highest BCUT2D eigenvalue weighted by Gasteiger charge is 2.27. The van der Waals surface area contributed by atoms with Gasteiger partial charge in [-0.15, -0.1) is 0 Å². The predicted molar refractivity (Wildman–Crippen MR) is 89.8 cm³/mol. The number of aryl methyl sites for hydroxylation is 1. The van der Waals surface area contributed by atoms with Crippen LogP contribution in [0.5, 0.6) is 11.5 Å². The maximum Gasteiger partial charge on any atom is 0.231 e. The van der Waals surface area contributed by atoms with Gasteiger partial charge in [0.05, 0.1) is 12.0 Å². The van der Waals surface area contributed by atoms with E-state index in [0.29, 0.717) is 37.2 Å². The Balaban J connectivity index is 1.41. The first-order valence-electron chi connectivity index (χ1n) is 8.79. The van der Waals surface area contributed by atoms with Gasteiger partial charge in [0.2, 0.25) is 5.89 Å². The zero-order valence-corrected chi connectivity index (χ0v) is 14.4. The number of β-amino-alcohol motifs (C(OH)–C–C–N with tert-alkyl or cyclic N) is 1. The third kappa shape index (κ3) is 3.62. The molecular weight excluding hydrogens is 322 g/mol. The fraction of sp³-hybridized carbons (Fsp3) is 0.556. The first-order valence-corrected chi connectivity index (χ1v) is 8.79. The number of aliphatic hydroxyl groups is 1. The summed E-state index contributed by atoms with van der Waals surface area (Å²) in [6.45, 7) is 5.31. The Kier molecular flexibility index (Phi) is 4.59. The molecule has 7 heteroatoms. The zero-order valence-electron chi connectivity index (χ0n) is 14.4. The average Bonchev–Trinajstić information content (AvgIpc) is 3.08. The summed E-state index contributed by atoms with van der Waals surface area (Å²) in [6.07, 6.45) is 1.53. The molecular formula is C18H23N3O4. The van der Waals surface area contributed by atoms with Gasteiger partial charge in [0.15, 0.2) is 17.3 Å². The fourth-order valence-corrected chi connectivity index (χ4v) is 3.52. The third-order valence-corrected chi connectivity index (χ3v) is 4.78. The molecule has 1 aromatic carbocycles. The molecule has 1 N–H and O–H groups in total. The van der Waals surface area contributed by atoms with Crippen LogP contribution in [-0.4, -0.2) is 53.0 Å². The second-order valence-corrected chi connectivity index (χ2v) is 6.70. The number of rotatable bonds is 4. The first kappa shape index (κ1) is 16.4. The van der Waals surface area contributed by atoms with E-state index >= 15 is 0 Å². The first-order chi connectivity index (χ1) is 12.2. The van der Waals surface area contributed by atoms with Gasteiger partial charge in [-0.05, 0) is 44.0 Å². The molecule has 0 spiro atoms. The summed E-state index contributed by atoms with van der Waals surface area (Å²) >= 11 is 0. The maximum absolute atomic E-state index is 10.6. The van der Waals surface area contributed by atoms with Crippen molar-refractivity contribution < 1.29 is 19.1 Å². The van der Waals surface area contributed by atoms with Crippen molar-refractivity contribution in [3.05, 3.63) is 35.5 Å². The molecule has 4 rings (SSSR count). The van der Waals surface area contributed by atoms with Gasteiger partial charge in [-0.3, -0.25) is 4.90 Å². The van der Waals surface area contributed by atoms with E-state index in [9.17, 15) is 5.11 Å². The summed E-state index contributed by atoms with van der Waals surface area (Å²) < 4.78 is 16.5. The number of nitrogens with zero attached hydrogens (tertiary/aromatic N) is 3. The molecule has 0 unspecified atom stereocenters. The van der Waals surface area contributed by atoms with Crippen LogP contribution in [0.4, 0.5) is 0 Å². The number of likely N-dealkylation sites (tertiary alicyclic amines) is 1. The van der Waals surface area contributed by atoms with Crippen LogP contribution in [0.25, 0.3) is 0 Å². The van der Waals surface area contributed by atoms with Crippen molar-refractivity contribution in [2.75, 3.05) is 32.8 Å². The Labute approximate surface area is 146 Å². The maximum atomic E-state index is 10.6. The van der Waals surface area contributed by atoms with Crippen LogP contribution >= 0.6 is 0 Å². The molecule has 0 amide bonds. The summed E-state index contributed by atoms with van der Waals surface area (Å²) in [4.78, 5) is 6.62. The molecule has 2 aliphatic heterocycles. The molecule has 25 heavy (non-hydrogen) atoms. The number of ether oxygens (including phenoxy) is 2. The van der Waals surface area contributed by atoms with Crippen molar-refractivity contribution in [2.45, 2.75) is 31.8 Å². The van der Waals surface area contributed by atoms with Crippen LogP contribution in [0.3, 0.4) is 0 Å². The number of aliphatic hydroxyl groups excluding tert-OH is 1. The summed E-state index contributed by atoms with van der Waals surface area (Å²) in [5.74, 6) is 3.06.